The number of ether oxygens (including phenoxy) is 1. The number of nitrogens with zero attached hydrogens (tertiary/aromatic N) is 1. The molecule has 1 aromatic rings. The average Bonchev–Trinajstić information content (AvgIpc) is 2.56. The third-order valence-electron chi connectivity index (χ3n) is 3.43. The molecule has 0 aliphatic carbocycles. The quantitative estimate of drug-likeness (QED) is 0.376. The fourth-order valence-corrected chi connectivity index (χ4v) is 2.22. The number of para-hydroxylation sites is 1. The van der Waals surface area contributed by atoms with E-state index in [1.807, 2.05) is 30.3 Å². The minimum atomic E-state index is -0.169. The summed E-state index contributed by atoms with van der Waals surface area (Å²) in [5.41, 5.74) is 0.901. The number of rotatable bonds is 10. The van der Waals surface area contributed by atoms with Gasteiger partial charge < -0.3 is 9.64 Å². The van der Waals surface area contributed by atoms with Gasteiger partial charge >= 0.3 is 5.97 Å². The monoisotopic (exact) mass is 303 g/mol. The Balaban J connectivity index is 2.32. The van der Waals surface area contributed by atoms with E-state index in [1.54, 1.807) is 11.0 Å². The van der Waals surface area contributed by atoms with Crippen molar-refractivity contribution in [2.45, 2.75) is 38.5 Å². The lowest BCUT2D eigenvalue weighted by Gasteiger charge is -2.21. The molecule has 0 aromatic heterocycles. The van der Waals surface area contributed by atoms with Crippen molar-refractivity contribution in [1.82, 2.24) is 0 Å². The maximum Gasteiger partial charge on any atom is 0.305 e. The first-order chi connectivity index (χ1) is 10.7. The normalized spacial score (nSPS) is 10.0. The third kappa shape index (κ3) is 6.57. The molecule has 0 N–H and O–H groups in total. The van der Waals surface area contributed by atoms with Gasteiger partial charge in [-0.25, -0.2) is 0 Å². The van der Waals surface area contributed by atoms with Crippen LogP contribution in [-0.2, 0) is 14.3 Å². The molecular weight excluding hydrogens is 278 g/mol. The Morgan fingerprint density at radius 1 is 1.09 bits per heavy atom. The summed E-state index contributed by atoms with van der Waals surface area (Å²) in [7, 11) is 1.40. The first-order valence-corrected chi connectivity index (χ1v) is 7.72. The van der Waals surface area contributed by atoms with Gasteiger partial charge in [-0.15, -0.1) is 6.58 Å². The molecule has 1 rings (SSSR count). The van der Waals surface area contributed by atoms with Crippen molar-refractivity contribution in [2.24, 2.45) is 0 Å². The molecule has 1 aromatic carbocycles. The summed E-state index contributed by atoms with van der Waals surface area (Å²) in [6.07, 6.45) is 6.24. The number of esters is 1. The SMILES string of the molecule is C=CCN(C(=O)CCCCCCC(=O)OC)c1ccccc1. The van der Waals surface area contributed by atoms with Gasteiger partial charge in [0.05, 0.1) is 7.11 Å². The standard InChI is InChI=1S/C18H25NO3/c1-3-15-19(16-11-7-6-8-12-16)17(20)13-9-4-5-10-14-18(21)22-2/h3,6-8,11-12H,1,4-5,9-10,13-15H2,2H3. The molecule has 0 heterocycles. The zero-order valence-corrected chi connectivity index (χ0v) is 13.3. The number of carbonyl (C=O) groups is 2. The van der Waals surface area contributed by atoms with Crippen LogP contribution in [0.5, 0.6) is 0 Å². The van der Waals surface area contributed by atoms with Crippen molar-refractivity contribution in [1.29, 1.82) is 0 Å². The van der Waals surface area contributed by atoms with Crippen molar-refractivity contribution in [2.75, 3.05) is 18.6 Å². The van der Waals surface area contributed by atoms with Gasteiger partial charge in [0, 0.05) is 25.1 Å². The molecule has 0 saturated carbocycles. The second kappa shape index (κ2) is 10.6. The van der Waals surface area contributed by atoms with Gasteiger partial charge in [-0.05, 0) is 25.0 Å². The Labute approximate surface area is 132 Å². The first kappa shape index (κ1) is 18.0. The van der Waals surface area contributed by atoms with Crippen LogP contribution in [0.1, 0.15) is 38.5 Å². The van der Waals surface area contributed by atoms with E-state index < -0.39 is 0 Å². The van der Waals surface area contributed by atoms with Crippen molar-refractivity contribution < 1.29 is 14.3 Å². The lowest BCUT2D eigenvalue weighted by molar-refractivity contribution is -0.140. The molecule has 0 bridgehead atoms. The van der Waals surface area contributed by atoms with E-state index in [0.29, 0.717) is 19.4 Å². The number of carbonyl (C=O) groups excluding carboxylic acids is 2. The summed E-state index contributed by atoms with van der Waals surface area (Å²) in [5, 5.41) is 0. The summed E-state index contributed by atoms with van der Waals surface area (Å²) in [6, 6.07) is 9.63. The summed E-state index contributed by atoms with van der Waals surface area (Å²) in [4.78, 5) is 25.1. The van der Waals surface area contributed by atoms with Crippen LogP contribution in [0, 0.1) is 0 Å². The summed E-state index contributed by atoms with van der Waals surface area (Å²) in [5.74, 6) is -0.0589. The van der Waals surface area contributed by atoms with Crippen LogP contribution >= 0.6 is 0 Å². The molecule has 22 heavy (non-hydrogen) atoms. The molecule has 0 unspecified atom stereocenters. The lowest BCUT2D eigenvalue weighted by Crippen LogP contribution is -2.30. The van der Waals surface area contributed by atoms with Gasteiger partial charge in [0.1, 0.15) is 0 Å². The van der Waals surface area contributed by atoms with E-state index in [2.05, 4.69) is 11.3 Å². The molecule has 4 heteroatoms. The summed E-state index contributed by atoms with van der Waals surface area (Å²) in [6.45, 7) is 4.24. The van der Waals surface area contributed by atoms with E-state index in [9.17, 15) is 9.59 Å². The van der Waals surface area contributed by atoms with Gasteiger partial charge in [0.15, 0.2) is 0 Å². The summed E-state index contributed by atoms with van der Waals surface area (Å²) >= 11 is 0. The van der Waals surface area contributed by atoms with Crippen LogP contribution in [-0.4, -0.2) is 25.5 Å². The van der Waals surface area contributed by atoms with Gasteiger partial charge in [-0.3, -0.25) is 9.59 Å². The van der Waals surface area contributed by atoms with Crippen LogP contribution < -0.4 is 4.90 Å². The Morgan fingerprint density at radius 3 is 2.32 bits per heavy atom. The number of anilines is 1. The van der Waals surface area contributed by atoms with Crippen molar-refractivity contribution in [3.63, 3.8) is 0 Å². The lowest BCUT2D eigenvalue weighted by atomic mass is 10.1. The Hall–Kier alpha value is -2.10. The minimum absolute atomic E-state index is 0.110. The third-order valence-corrected chi connectivity index (χ3v) is 3.43. The van der Waals surface area contributed by atoms with Crippen LogP contribution in [0.4, 0.5) is 5.69 Å². The highest BCUT2D eigenvalue weighted by atomic mass is 16.5. The summed E-state index contributed by atoms with van der Waals surface area (Å²) < 4.78 is 4.59. The van der Waals surface area contributed by atoms with Crippen LogP contribution in [0.25, 0.3) is 0 Å². The van der Waals surface area contributed by atoms with Gasteiger partial charge in [-0.2, -0.15) is 0 Å². The fourth-order valence-electron chi connectivity index (χ4n) is 2.22. The molecule has 0 spiro atoms. The zero-order valence-electron chi connectivity index (χ0n) is 13.3. The zero-order chi connectivity index (χ0) is 16.2. The van der Waals surface area contributed by atoms with E-state index in [-0.39, 0.29) is 11.9 Å². The van der Waals surface area contributed by atoms with E-state index in [1.165, 1.54) is 7.11 Å². The molecule has 0 saturated heterocycles. The highest BCUT2D eigenvalue weighted by Crippen LogP contribution is 2.16. The molecule has 0 fully saturated rings. The second-order valence-corrected chi connectivity index (χ2v) is 5.12. The first-order valence-electron chi connectivity index (χ1n) is 7.72. The number of methoxy groups -OCH3 is 1. The molecule has 120 valence electrons. The predicted molar refractivity (Wildman–Crippen MR) is 88.7 cm³/mol. The maximum absolute atomic E-state index is 12.3. The Morgan fingerprint density at radius 2 is 1.73 bits per heavy atom. The van der Waals surface area contributed by atoms with Crippen molar-refractivity contribution in [3.8, 4) is 0 Å². The topological polar surface area (TPSA) is 46.6 Å². The van der Waals surface area contributed by atoms with Crippen molar-refractivity contribution >= 4 is 17.6 Å². The van der Waals surface area contributed by atoms with E-state index in [4.69, 9.17) is 0 Å². The molecule has 1 amide bonds. The van der Waals surface area contributed by atoms with Gasteiger partial charge in [0.2, 0.25) is 5.91 Å². The largest absolute Gasteiger partial charge is 0.469 e. The number of unbranched alkanes of at least 4 members (excludes halogenated alkanes) is 3. The minimum Gasteiger partial charge on any atom is -0.469 e. The Kier molecular flexibility index (Phi) is 8.65. The second-order valence-electron chi connectivity index (χ2n) is 5.12. The molecule has 0 aliphatic rings. The predicted octanol–water partition coefficient (Wildman–Crippen LogP) is 3.72. The smallest absolute Gasteiger partial charge is 0.305 e. The molecule has 0 atom stereocenters. The molecule has 0 radical (unpaired) electrons. The van der Waals surface area contributed by atoms with Crippen LogP contribution in [0.15, 0.2) is 43.0 Å². The number of amides is 1. The number of hydrogen-bond donors (Lipinski definition) is 0. The molecule has 0 aliphatic heterocycles. The highest BCUT2D eigenvalue weighted by Gasteiger charge is 2.13. The average molecular weight is 303 g/mol. The van der Waals surface area contributed by atoms with Crippen LogP contribution in [0.2, 0.25) is 0 Å². The number of hydrogen-bond acceptors (Lipinski definition) is 3. The maximum atomic E-state index is 12.3. The van der Waals surface area contributed by atoms with E-state index >= 15 is 0 Å². The van der Waals surface area contributed by atoms with Crippen molar-refractivity contribution in [3.05, 3.63) is 43.0 Å². The number of benzene rings is 1. The van der Waals surface area contributed by atoms with E-state index in [0.717, 1.165) is 31.4 Å². The Bertz CT molecular complexity index is 470. The van der Waals surface area contributed by atoms with Crippen LogP contribution in [0.3, 0.4) is 0 Å². The van der Waals surface area contributed by atoms with Gasteiger partial charge in [0.25, 0.3) is 0 Å². The van der Waals surface area contributed by atoms with Gasteiger partial charge in [-0.1, -0.05) is 37.1 Å². The molecule has 4 nitrogen and oxygen atoms in total. The molecular formula is C18H25NO3. The highest BCUT2D eigenvalue weighted by molar-refractivity contribution is 5.93. The fraction of sp³-hybridized carbons (Fsp3) is 0.444.